The highest BCUT2D eigenvalue weighted by atomic mass is 35.6. The summed E-state index contributed by atoms with van der Waals surface area (Å²) < 4.78 is 12.7. The zero-order valence-electron chi connectivity index (χ0n) is 23.4. The number of hydrogen-bond donors (Lipinski definition) is 2. The minimum Gasteiger partial charge on any atom is -0.392 e. The molecule has 0 saturated carbocycles. The molecule has 1 aromatic heterocycles. The molecule has 2 N–H and O–H groups in total. The number of aliphatic hydroxyl groups is 1. The largest absolute Gasteiger partial charge is 0.392 e. The van der Waals surface area contributed by atoms with Gasteiger partial charge in [0.2, 0.25) is 5.16 Å². The Bertz CT molecular complexity index is 1530. The molecule has 0 unspecified atom stereocenters. The molecule has 43 heavy (non-hydrogen) atoms. The van der Waals surface area contributed by atoms with E-state index >= 15 is 0 Å². The van der Waals surface area contributed by atoms with Crippen molar-refractivity contribution in [2.45, 2.75) is 47.5 Å². The molecule has 9 nitrogen and oxygen atoms in total. The lowest BCUT2D eigenvalue weighted by atomic mass is 9.91. The molecular weight excluding hydrogens is 633 g/mol. The van der Waals surface area contributed by atoms with E-state index in [1.54, 1.807) is 4.68 Å². The van der Waals surface area contributed by atoms with Crippen molar-refractivity contribution in [3.63, 3.8) is 0 Å². The molecule has 0 radical (unpaired) electrons. The number of aliphatic hydroxyl groups excluding tert-OH is 1. The van der Waals surface area contributed by atoms with Gasteiger partial charge in [0.25, 0.3) is 9.70 Å². The van der Waals surface area contributed by atoms with E-state index in [1.807, 2.05) is 79.8 Å². The summed E-state index contributed by atoms with van der Waals surface area (Å²) in [5, 5.41) is 24.6. The maximum Gasteiger partial charge on any atom is 0.272 e. The van der Waals surface area contributed by atoms with Crippen molar-refractivity contribution in [2.24, 2.45) is 13.0 Å². The third kappa shape index (κ3) is 7.88. The lowest BCUT2D eigenvalue weighted by Crippen LogP contribution is -2.38. The molecule has 4 aromatic rings. The fourth-order valence-corrected chi connectivity index (χ4v) is 6.00. The number of nitrogens with one attached hydrogen (secondary N) is 1. The standard InChI is InChI=1S/C30H30Cl3N5O4S/c1-18-25(17-43-29-35-36-37-38(29)2)41-27(42-26(18)22-8-6-19(16-39)7-9-22)23-12-10-21(11-13-23)24-5-3-4-20(14-24)15-34-28(40)30(31,32)33/h3-14,18,25-27,39H,15-17H2,1-2H3,(H,34,40)/t18-,25+,26+,27+/m1/s1. The Hall–Kier alpha value is -2.70. The number of ether oxygens (including phenoxy) is 2. The van der Waals surface area contributed by atoms with Crippen LogP contribution in [-0.4, -0.2) is 46.9 Å². The number of rotatable bonds is 9. The van der Waals surface area contributed by atoms with E-state index in [-0.39, 0.29) is 31.3 Å². The van der Waals surface area contributed by atoms with Gasteiger partial charge in [0, 0.05) is 30.8 Å². The van der Waals surface area contributed by atoms with Crippen molar-refractivity contribution in [3.8, 4) is 11.1 Å². The van der Waals surface area contributed by atoms with Crippen LogP contribution in [0.2, 0.25) is 0 Å². The van der Waals surface area contributed by atoms with E-state index in [4.69, 9.17) is 44.3 Å². The second kappa shape index (κ2) is 13.9. The molecule has 1 amide bonds. The van der Waals surface area contributed by atoms with Gasteiger partial charge < -0.3 is 19.9 Å². The number of carbonyl (C=O) groups is 1. The summed E-state index contributed by atoms with van der Waals surface area (Å²) in [6.07, 6.45) is -0.976. The Labute approximate surface area is 268 Å². The molecule has 5 rings (SSSR count). The van der Waals surface area contributed by atoms with Gasteiger partial charge in [-0.05, 0) is 44.3 Å². The number of alkyl halides is 3. The van der Waals surface area contributed by atoms with Crippen LogP contribution in [0.4, 0.5) is 0 Å². The smallest absolute Gasteiger partial charge is 0.272 e. The first-order chi connectivity index (χ1) is 20.6. The van der Waals surface area contributed by atoms with Crippen molar-refractivity contribution < 1.29 is 19.4 Å². The molecule has 0 bridgehead atoms. The number of aromatic nitrogens is 4. The molecule has 1 fully saturated rings. The second-order valence-electron chi connectivity index (χ2n) is 10.2. The number of benzene rings is 3. The maximum absolute atomic E-state index is 11.9. The summed E-state index contributed by atoms with van der Waals surface area (Å²) in [5.41, 5.74) is 5.57. The van der Waals surface area contributed by atoms with E-state index in [2.05, 4.69) is 27.8 Å². The van der Waals surface area contributed by atoms with Gasteiger partial charge in [-0.3, -0.25) is 4.79 Å². The molecule has 13 heteroatoms. The third-order valence-corrected chi connectivity index (χ3v) is 8.85. The lowest BCUT2D eigenvalue weighted by molar-refractivity contribution is -0.268. The Kier molecular flexibility index (Phi) is 10.3. The predicted octanol–water partition coefficient (Wildman–Crippen LogP) is 5.94. The first-order valence-corrected chi connectivity index (χ1v) is 15.6. The molecule has 0 aliphatic carbocycles. The molecule has 2 heterocycles. The van der Waals surface area contributed by atoms with Gasteiger partial charge in [-0.2, -0.15) is 0 Å². The van der Waals surface area contributed by atoms with E-state index in [1.165, 1.54) is 11.8 Å². The lowest BCUT2D eigenvalue weighted by Gasteiger charge is -2.41. The van der Waals surface area contributed by atoms with E-state index in [0.717, 1.165) is 33.4 Å². The fraction of sp³-hybridized carbons (Fsp3) is 0.333. The van der Waals surface area contributed by atoms with Crippen LogP contribution >= 0.6 is 46.6 Å². The van der Waals surface area contributed by atoms with E-state index in [9.17, 15) is 9.90 Å². The van der Waals surface area contributed by atoms with Crippen LogP contribution < -0.4 is 5.32 Å². The number of thioether (sulfide) groups is 1. The van der Waals surface area contributed by atoms with Crippen LogP contribution in [0.15, 0.2) is 78.0 Å². The zero-order valence-corrected chi connectivity index (χ0v) is 26.4. The highest BCUT2D eigenvalue weighted by Crippen LogP contribution is 2.43. The van der Waals surface area contributed by atoms with Crippen LogP contribution in [0.5, 0.6) is 0 Å². The third-order valence-electron chi connectivity index (χ3n) is 7.24. The van der Waals surface area contributed by atoms with Gasteiger partial charge in [-0.1, -0.05) is 120 Å². The quantitative estimate of drug-likeness (QED) is 0.167. The predicted molar refractivity (Wildman–Crippen MR) is 167 cm³/mol. The van der Waals surface area contributed by atoms with Gasteiger partial charge in [0.05, 0.1) is 18.8 Å². The van der Waals surface area contributed by atoms with E-state index < -0.39 is 16.0 Å². The number of amides is 1. The summed E-state index contributed by atoms with van der Waals surface area (Å²) >= 11 is 18.5. The first-order valence-electron chi connectivity index (χ1n) is 13.5. The van der Waals surface area contributed by atoms with Crippen molar-refractivity contribution >= 4 is 52.5 Å². The maximum atomic E-state index is 11.9. The van der Waals surface area contributed by atoms with Gasteiger partial charge in [0.15, 0.2) is 6.29 Å². The Morgan fingerprint density at radius 1 is 1.00 bits per heavy atom. The van der Waals surface area contributed by atoms with Crippen molar-refractivity contribution in [2.75, 3.05) is 5.75 Å². The number of tetrazole rings is 1. The summed E-state index contributed by atoms with van der Waals surface area (Å²) in [4.78, 5) is 11.9. The average Bonchev–Trinajstić information content (AvgIpc) is 3.43. The van der Waals surface area contributed by atoms with Crippen molar-refractivity contribution in [3.05, 3.63) is 95.1 Å². The monoisotopic (exact) mass is 661 g/mol. The number of halogens is 3. The summed E-state index contributed by atoms with van der Waals surface area (Å²) in [5.74, 6) is -0.00389. The molecular formula is C30H30Cl3N5O4S. The number of hydrogen-bond acceptors (Lipinski definition) is 8. The number of nitrogens with zero attached hydrogens (tertiary/aromatic N) is 4. The van der Waals surface area contributed by atoms with Crippen LogP contribution in [-0.2, 0) is 34.5 Å². The Morgan fingerprint density at radius 3 is 2.37 bits per heavy atom. The van der Waals surface area contributed by atoms with Crippen LogP contribution in [0.1, 0.15) is 41.6 Å². The molecule has 0 spiro atoms. The number of aryl methyl sites for hydroxylation is 1. The highest BCUT2D eigenvalue weighted by molar-refractivity contribution is 7.99. The van der Waals surface area contributed by atoms with E-state index in [0.29, 0.717) is 10.9 Å². The van der Waals surface area contributed by atoms with Gasteiger partial charge in [-0.15, -0.1) is 5.10 Å². The minimum atomic E-state index is -2.01. The topological polar surface area (TPSA) is 111 Å². The first kappa shape index (κ1) is 31.7. The molecule has 4 atom stereocenters. The molecule has 3 aromatic carbocycles. The van der Waals surface area contributed by atoms with Gasteiger partial charge >= 0.3 is 0 Å². The summed E-state index contributed by atoms with van der Waals surface area (Å²) in [6, 6.07) is 23.6. The van der Waals surface area contributed by atoms with Crippen LogP contribution in [0, 0.1) is 5.92 Å². The normalized spacial score (nSPS) is 20.6. The van der Waals surface area contributed by atoms with Gasteiger partial charge in [-0.25, -0.2) is 4.68 Å². The van der Waals surface area contributed by atoms with Crippen LogP contribution in [0.3, 0.4) is 0 Å². The second-order valence-corrected chi connectivity index (χ2v) is 13.5. The molecule has 226 valence electrons. The fourth-order valence-electron chi connectivity index (χ4n) is 4.79. The van der Waals surface area contributed by atoms with Crippen molar-refractivity contribution in [1.82, 2.24) is 25.5 Å². The molecule has 1 saturated heterocycles. The SMILES string of the molecule is C[C@@H]1[C@H](CSc2nnnn2C)O[C@H](c2ccc(-c3cccc(CNC(=O)C(Cl)(Cl)Cl)c3)cc2)O[C@@H]1c1ccc(CO)cc1. The van der Waals surface area contributed by atoms with Crippen molar-refractivity contribution in [1.29, 1.82) is 0 Å². The average molecular weight is 663 g/mol. The highest BCUT2D eigenvalue weighted by Gasteiger charge is 2.38. The molecule has 1 aliphatic rings. The minimum absolute atomic E-state index is 0.0169. The molecule has 1 aliphatic heterocycles. The Morgan fingerprint density at radius 2 is 1.72 bits per heavy atom. The Balaban J connectivity index is 1.34. The zero-order chi connectivity index (χ0) is 30.6. The summed E-state index contributed by atoms with van der Waals surface area (Å²) in [6.45, 7) is 2.33. The summed E-state index contributed by atoms with van der Waals surface area (Å²) in [7, 11) is 1.81. The van der Waals surface area contributed by atoms with Crippen LogP contribution in [0.25, 0.3) is 11.1 Å². The number of carbonyl (C=O) groups excluding carboxylic acids is 1. The van der Waals surface area contributed by atoms with Gasteiger partial charge in [0.1, 0.15) is 0 Å².